The van der Waals surface area contributed by atoms with E-state index in [1.165, 1.54) is 0 Å². The Morgan fingerprint density at radius 3 is 2.74 bits per heavy atom. The van der Waals surface area contributed by atoms with E-state index in [-0.39, 0.29) is 12.3 Å². The van der Waals surface area contributed by atoms with E-state index in [1.807, 2.05) is 36.4 Å². The second-order valence-corrected chi connectivity index (χ2v) is 4.32. The summed E-state index contributed by atoms with van der Waals surface area (Å²) in [6, 6.07) is 13.7. The number of Topliss-reactive ketones (excluding diaryl/α,β-unsaturated/α-hetero) is 1. The van der Waals surface area contributed by atoms with Crippen molar-refractivity contribution in [3.05, 3.63) is 47.8 Å². The number of nitrogens with one attached hydrogen (secondary N) is 1. The van der Waals surface area contributed by atoms with Gasteiger partial charge in [0.1, 0.15) is 11.8 Å². The number of carbonyl (C=O) groups excluding carboxylic acids is 1. The number of aromatic amines is 1. The van der Waals surface area contributed by atoms with E-state index in [0.29, 0.717) is 11.4 Å². The van der Waals surface area contributed by atoms with Gasteiger partial charge in [0.15, 0.2) is 5.78 Å². The molecule has 0 unspecified atom stereocenters. The van der Waals surface area contributed by atoms with Gasteiger partial charge in [-0.2, -0.15) is 5.26 Å². The van der Waals surface area contributed by atoms with E-state index >= 15 is 0 Å². The lowest BCUT2D eigenvalue weighted by atomic mass is 10.0. The largest absolute Gasteiger partial charge is 0.343 e. The number of fused-ring (bicyclic) bond motifs is 3. The molecule has 3 N–H and O–H groups in total. The number of nitrogens with zero attached hydrogens (tertiary/aromatic N) is 1. The van der Waals surface area contributed by atoms with Crippen LogP contribution in [0.15, 0.2) is 36.4 Å². The standard InChI is InChI=1S/C15H11N3O/c16-7-12-14-10-4-2-1-3-9(10)5-6-11(14)15(18-12)13(19)8-17/h1-6,18H,8,17H2. The van der Waals surface area contributed by atoms with Gasteiger partial charge in [0.2, 0.25) is 0 Å². The number of nitrogens with two attached hydrogens (primary N) is 1. The molecule has 0 saturated carbocycles. The average Bonchev–Trinajstić information content (AvgIpc) is 2.85. The van der Waals surface area contributed by atoms with Crippen molar-refractivity contribution in [1.82, 2.24) is 4.98 Å². The highest BCUT2D eigenvalue weighted by Gasteiger charge is 2.16. The first-order chi connectivity index (χ1) is 9.26. The number of rotatable bonds is 2. The quantitative estimate of drug-likeness (QED) is 0.684. The highest BCUT2D eigenvalue weighted by atomic mass is 16.1. The third kappa shape index (κ3) is 1.60. The first kappa shape index (κ1) is 11.5. The highest BCUT2D eigenvalue weighted by molar-refractivity contribution is 6.17. The molecular formula is C15H11N3O. The van der Waals surface area contributed by atoms with Crippen molar-refractivity contribution in [3.63, 3.8) is 0 Å². The maximum Gasteiger partial charge on any atom is 0.193 e. The van der Waals surface area contributed by atoms with E-state index in [2.05, 4.69) is 11.1 Å². The van der Waals surface area contributed by atoms with Crippen LogP contribution in [0.4, 0.5) is 0 Å². The van der Waals surface area contributed by atoms with Crippen molar-refractivity contribution in [3.8, 4) is 6.07 Å². The van der Waals surface area contributed by atoms with Crippen LogP contribution in [0.3, 0.4) is 0 Å². The van der Waals surface area contributed by atoms with Gasteiger partial charge in [0.25, 0.3) is 0 Å². The zero-order valence-corrected chi connectivity index (χ0v) is 10.1. The van der Waals surface area contributed by atoms with Crippen molar-refractivity contribution in [1.29, 1.82) is 5.26 Å². The summed E-state index contributed by atoms with van der Waals surface area (Å²) in [5.74, 6) is -0.193. The van der Waals surface area contributed by atoms with Crippen molar-refractivity contribution in [2.24, 2.45) is 5.73 Å². The summed E-state index contributed by atoms with van der Waals surface area (Å²) in [5.41, 5.74) is 6.23. The molecule has 0 radical (unpaired) electrons. The molecule has 92 valence electrons. The molecule has 0 bridgehead atoms. The minimum Gasteiger partial charge on any atom is -0.343 e. The van der Waals surface area contributed by atoms with E-state index in [9.17, 15) is 10.1 Å². The fourth-order valence-corrected chi connectivity index (χ4v) is 2.41. The Hall–Kier alpha value is -2.64. The van der Waals surface area contributed by atoms with Crippen LogP contribution in [-0.2, 0) is 0 Å². The summed E-state index contributed by atoms with van der Waals surface area (Å²) in [6.45, 7) is -0.0761. The smallest absolute Gasteiger partial charge is 0.193 e. The zero-order valence-electron chi connectivity index (χ0n) is 10.1. The molecule has 3 aromatic rings. The van der Waals surface area contributed by atoms with Crippen LogP contribution in [0.5, 0.6) is 0 Å². The molecule has 19 heavy (non-hydrogen) atoms. The molecule has 0 saturated heterocycles. The van der Waals surface area contributed by atoms with Gasteiger partial charge in [-0.15, -0.1) is 0 Å². The summed E-state index contributed by atoms with van der Waals surface area (Å²) in [7, 11) is 0. The first-order valence-corrected chi connectivity index (χ1v) is 5.93. The lowest BCUT2D eigenvalue weighted by Crippen LogP contribution is -2.14. The minimum absolute atomic E-state index is 0.0761. The van der Waals surface area contributed by atoms with Crippen molar-refractivity contribution < 1.29 is 4.79 Å². The molecule has 3 rings (SSSR count). The van der Waals surface area contributed by atoms with Gasteiger partial charge < -0.3 is 10.7 Å². The predicted molar refractivity (Wildman–Crippen MR) is 73.9 cm³/mol. The number of aromatic nitrogens is 1. The number of hydrogen-bond acceptors (Lipinski definition) is 3. The van der Waals surface area contributed by atoms with Gasteiger partial charge in [-0.05, 0) is 10.8 Å². The zero-order chi connectivity index (χ0) is 13.4. The summed E-state index contributed by atoms with van der Waals surface area (Å²) in [5, 5.41) is 12.8. The van der Waals surface area contributed by atoms with Gasteiger partial charge in [-0.25, -0.2) is 0 Å². The Bertz CT molecular complexity index is 840. The number of carbonyl (C=O) groups is 1. The fraction of sp³-hybridized carbons (Fsp3) is 0.0667. The molecule has 0 amide bonds. The SMILES string of the molecule is N#Cc1[nH]c(C(=O)CN)c2ccc3ccccc3c12. The summed E-state index contributed by atoms with van der Waals surface area (Å²) in [6.07, 6.45) is 0. The molecule has 0 aliphatic rings. The van der Waals surface area contributed by atoms with Gasteiger partial charge in [-0.1, -0.05) is 36.4 Å². The van der Waals surface area contributed by atoms with Crippen LogP contribution in [0.2, 0.25) is 0 Å². The summed E-state index contributed by atoms with van der Waals surface area (Å²) in [4.78, 5) is 14.7. The molecule has 0 spiro atoms. The molecular weight excluding hydrogens is 238 g/mol. The normalized spacial score (nSPS) is 10.7. The molecule has 1 heterocycles. The van der Waals surface area contributed by atoms with Crippen LogP contribution in [0.25, 0.3) is 21.5 Å². The van der Waals surface area contributed by atoms with Crippen molar-refractivity contribution >= 4 is 27.3 Å². The molecule has 1 aromatic heterocycles. The summed E-state index contributed by atoms with van der Waals surface area (Å²) < 4.78 is 0. The fourth-order valence-electron chi connectivity index (χ4n) is 2.41. The Morgan fingerprint density at radius 1 is 1.21 bits per heavy atom. The van der Waals surface area contributed by atoms with Crippen LogP contribution in [0.1, 0.15) is 16.2 Å². The third-order valence-corrected chi connectivity index (χ3v) is 3.27. The average molecular weight is 249 g/mol. The maximum atomic E-state index is 11.8. The number of H-pyrrole nitrogens is 1. The molecule has 0 atom stereocenters. The summed E-state index contributed by atoms with van der Waals surface area (Å²) >= 11 is 0. The number of ketones is 1. The predicted octanol–water partition coefficient (Wildman–Crippen LogP) is 2.33. The van der Waals surface area contributed by atoms with Crippen molar-refractivity contribution in [2.75, 3.05) is 6.54 Å². The van der Waals surface area contributed by atoms with E-state index in [1.54, 1.807) is 0 Å². The molecule has 4 nitrogen and oxygen atoms in total. The first-order valence-electron chi connectivity index (χ1n) is 5.93. The topological polar surface area (TPSA) is 82.7 Å². The Kier molecular flexibility index (Phi) is 2.55. The number of nitriles is 1. The lowest BCUT2D eigenvalue weighted by Gasteiger charge is -2.00. The van der Waals surface area contributed by atoms with Crippen LogP contribution >= 0.6 is 0 Å². The van der Waals surface area contributed by atoms with Crippen molar-refractivity contribution in [2.45, 2.75) is 0 Å². The van der Waals surface area contributed by atoms with Gasteiger partial charge in [0, 0.05) is 10.8 Å². The van der Waals surface area contributed by atoms with E-state index < -0.39 is 0 Å². The molecule has 0 fully saturated rings. The Labute approximate surface area is 109 Å². The second-order valence-electron chi connectivity index (χ2n) is 4.32. The lowest BCUT2D eigenvalue weighted by molar-refractivity contribution is 0.0999. The van der Waals surface area contributed by atoms with Gasteiger partial charge in [0.05, 0.1) is 12.2 Å². The Morgan fingerprint density at radius 2 is 2.00 bits per heavy atom. The molecule has 4 heteroatoms. The minimum atomic E-state index is -0.193. The van der Waals surface area contributed by atoms with Crippen LogP contribution in [-0.4, -0.2) is 17.3 Å². The third-order valence-electron chi connectivity index (χ3n) is 3.27. The monoisotopic (exact) mass is 249 g/mol. The second kappa shape index (κ2) is 4.23. The van der Waals surface area contributed by atoms with Gasteiger partial charge >= 0.3 is 0 Å². The van der Waals surface area contributed by atoms with Crippen LogP contribution in [0, 0.1) is 11.3 Å². The molecule has 2 aromatic carbocycles. The highest BCUT2D eigenvalue weighted by Crippen LogP contribution is 2.30. The van der Waals surface area contributed by atoms with Gasteiger partial charge in [-0.3, -0.25) is 4.79 Å². The Balaban J connectivity index is 2.50. The van der Waals surface area contributed by atoms with E-state index in [0.717, 1.165) is 21.5 Å². The molecule has 0 aliphatic carbocycles. The van der Waals surface area contributed by atoms with Crippen LogP contribution < -0.4 is 5.73 Å². The maximum absolute atomic E-state index is 11.8. The molecule has 0 aliphatic heterocycles. The number of benzene rings is 2. The number of hydrogen-bond donors (Lipinski definition) is 2. The van der Waals surface area contributed by atoms with E-state index in [4.69, 9.17) is 5.73 Å².